The quantitative estimate of drug-likeness (QED) is 0.304. The maximum absolute atomic E-state index is 12.8. The number of ether oxygens (including phenoxy) is 1. The van der Waals surface area contributed by atoms with E-state index in [0.717, 1.165) is 75.6 Å². The lowest BCUT2D eigenvalue weighted by Gasteiger charge is -2.30. The summed E-state index contributed by atoms with van der Waals surface area (Å²) in [5.41, 5.74) is 6.00. The number of piperidine rings is 1. The highest BCUT2D eigenvalue weighted by molar-refractivity contribution is 7.84. The summed E-state index contributed by atoms with van der Waals surface area (Å²) >= 11 is 0. The first kappa shape index (κ1) is 31.9. The highest BCUT2D eigenvalue weighted by atomic mass is 32.2. The number of aryl methyl sites for hydroxylation is 2. The van der Waals surface area contributed by atoms with Crippen LogP contribution in [0.4, 0.5) is 0 Å². The van der Waals surface area contributed by atoms with Gasteiger partial charge in [0.15, 0.2) is 0 Å². The first-order valence-corrected chi connectivity index (χ1v) is 16.5. The SMILES string of the molecule is CCOC(=O)CC(c1ccc(C)c(CN2CC=C(O)OS2(=O)=O)c1)c1ccc2c(nnn2CCN2CCC(CO)CC2)c1C. The molecule has 0 spiro atoms. The molecule has 0 saturated carbocycles. The molecular weight excluding hydrogens is 586 g/mol. The van der Waals surface area contributed by atoms with Gasteiger partial charge in [-0.25, -0.2) is 4.68 Å². The van der Waals surface area contributed by atoms with Crippen LogP contribution >= 0.6 is 0 Å². The van der Waals surface area contributed by atoms with Crippen molar-refractivity contribution in [2.75, 3.05) is 39.4 Å². The molecule has 12 nitrogen and oxygen atoms in total. The van der Waals surface area contributed by atoms with Gasteiger partial charge in [-0.1, -0.05) is 29.5 Å². The number of aromatic nitrogens is 3. The second kappa shape index (κ2) is 13.6. The van der Waals surface area contributed by atoms with Gasteiger partial charge in [-0.3, -0.25) is 4.79 Å². The summed E-state index contributed by atoms with van der Waals surface area (Å²) in [6.45, 7) is 9.67. The number of carbonyl (C=O) groups excluding carboxylic acids is 1. The normalized spacial score (nSPS) is 18.6. The fourth-order valence-corrected chi connectivity index (χ4v) is 6.97. The van der Waals surface area contributed by atoms with Gasteiger partial charge in [0, 0.05) is 38.2 Å². The van der Waals surface area contributed by atoms with Gasteiger partial charge in [0.25, 0.3) is 5.95 Å². The van der Waals surface area contributed by atoms with E-state index >= 15 is 0 Å². The van der Waals surface area contributed by atoms with Crippen LogP contribution in [0.5, 0.6) is 0 Å². The van der Waals surface area contributed by atoms with Crippen LogP contribution in [-0.4, -0.2) is 88.2 Å². The molecule has 5 rings (SSSR count). The van der Waals surface area contributed by atoms with E-state index in [1.165, 1.54) is 6.08 Å². The average molecular weight is 628 g/mol. The van der Waals surface area contributed by atoms with Crippen LogP contribution in [0.2, 0.25) is 0 Å². The van der Waals surface area contributed by atoms with Gasteiger partial charge >= 0.3 is 16.3 Å². The van der Waals surface area contributed by atoms with Crippen LogP contribution in [0.1, 0.15) is 59.9 Å². The molecule has 13 heteroatoms. The van der Waals surface area contributed by atoms with E-state index in [-0.39, 0.29) is 44.6 Å². The van der Waals surface area contributed by atoms with Crippen LogP contribution in [0.3, 0.4) is 0 Å². The summed E-state index contributed by atoms with van der Waals surface area (Å²) in [7, 11) is -4.13. The Hall–Kier alpha value is -3.52. The van der Waals surface area contributed by atoms with Crippen LogP contribution in [-0.2, 0) is 37.1 Å². The summed E-state index contributed by atoms with van der Waals surface area (Å²) in [5, 5.41) is 27.9. The fraction of sp³-hybridized carbons (Fsp3) is 0.516. The number of likely N-dealkylation sites (tertiary alicyclic amines) is 1. The van der Waals surface area contributed by atoms with Crippen LogP contribution in [0.25, 0.3) is 11.0 Å². The van der Waals surface area contributed by atoms with Crippen molar-refractivity contribution in [1.29, 1.82) is 0 Å². The van der Waals surface area contributed by atoms with Crippen LogP contribution in [0.15, 0.2) is 42.4 Å². The second-order valence-corrected chi connectivity index (χ2v) is 13.1. The molecule has 0 radical (unpaired) electrons. The van der Waals surface area contributed by atoms with Gasteiger partial charge in [-0.05, 0) is 86.5 Å². The maximum Gasteiger partial charge on any atom is 0.388 e. The van der Waals surface area contributed by atoms with E-state index in [2.05, 4.69) is 19.4 Å². The van der Waals surface area contributed by atoms with E-state index < -0.39 is 16.2 Å². The average Bonchev–Trinajstić information content (AvgIpc) is 3.42. The van der Waals surface area contributed by atoms with E-state index in [0.29, 0.717) is 12.5 Å². The molecule has 2 aliphatic heterocycles. The zero-order chi connectivity index (χ0) is 31.4. The lowest BCUT2D eigenvalue weighted by Crippen LogP contribution is -2.36. The van der Waals surface area contributed by atoms with Gasteiger partial charge < -0.3 is 24.0 Å². The third kappa shape index (κ3) is 7.06. The smallest absolute Gasteiger partial charge is 0.388 e. The van der Waals surface area contributed by atoms with Crippen LogP contribution < -0.4 is 0 Å². The zero-order valence-corrected chi connectivity index (χ0v) is 26.3. The molecule has 1 unspecified atom stereocenters. The van der Waals surface area contributed by atoms with Crippen molar-refractivity contribution >= 4 is 27.3 Å². The number of rotatable bonds is 11. The first-order chi connectivity index (χ1) is 21.1. The van der Waals surface area contributed by atoms with Crippen molar-refractivity contribution in [3.05, 3.63) is 70.2 Å². The summed E-state index contributed by atoms with van der Waals surface area (Å²) in [4.78, 5) is 15.2. The number of aliphatic hydroxyl groups excluding tert-OH is 2. The van der Waals surface area contributed by atoms with E-state index in [1.54, 1.807) is 6.92 Å². The number of hydrogen-bond donors (Lipinski definition) is 2. The molecule has 0 aliphatic carbocycles. The Morgan fingerprint density at radius 2 is 1.93 bits per heavy atom. The molecule has 3 aromatic rings. The second-order valence-electron chi connectivity index (χ2n) is 11.6. The number of benzene rings is 2. The number of hydrogen-bond acceptors (Lipinski definition) is 10. The Kier molecular flexibility index (Phi) is 9.88. The predicted octanol–water partition coefficient (Wildman–Crippen LogP) is 3.31. The third-order valence-electron chi connectivity index (χ3n) is 8.73. The van der Waals surface area contributed by atoms with Gasteiger partial charge in [-0.15, -0.1) is 5.10 Å². The number of nitrogens with zero attached hydrogens (tertiary/aromatic N) is 5. The van der Waals surface area contributed by atoms with E-state index in [9.17, 15) is 23.4 Å². The molecule has 1 aromatic heterocycles. The van der Waals surface area contributed by atoms with E-state index in [4.69, 9.17) is 4.74 Å². The zero-order valence-electron chi connectivity index (χ0n) is 25.5. The number of aliphatic hydroxyl groups is 2. The Balaban J connectivity index is 1.42. The Labute approximate surface area is 258 Å². The molecule has 2 N–H and O–H groups in total. The van der Waals surface area contributed by atoms with Crippen molar-refractivity contribution < 1.29 is 32.3 Å². The lowest BCUT2D eigenvalue weighted by atomic mass is 9.84. The van der Waals surface area contributed by atoms with Crippen molar-refractivity contribution in [3.63, 3.8) is 0 Å². The van der Waals surface area contributed by atoms with Gasteiger partial charge in [0.2, 0.25) is 0 Å². The lowest BCUT2D eigenvalue weighted by molar-refractivity contribution is -0.143. The summed E-state index contributed by atoms with van der Waals surface area (Å²) in [6, 6.07) is 9.81. The molecule has 1 atom stereocenters. The Morgan fingerprint density at radius 1 is 1.16 bits per heavy atom. The van der Waals surface area contributed by atoms with Crippen molar-refractivity contribution in [3.8, 4) is 0 Å². The topological polar surface area (TPSA) is 147 Å². The molecule has 2 aliphatic rings. The summed E-state index contributed by atoms with van der Waals surface area (Å²) in [6.07, 6.45) is 3.40. The largest absolute Gasteiger partial charge is 0.480 e. The third-order valence-corrected chi connectivity index (χ3v) is 10.0. The van der Waals surface area contributed by atoms with Crippen molar-refractivity contribution in [1.82, 2.24) is 24.2 Å². The minimum Gasteiger partial charge on any atom is -0.480 e. The molecule has 238 valence electrons. The Morgan fingerprint density at radius 3 is 2.64 bits per heavy atom. The minimum absolute atomic E-state index is 0.0174. The number of fused-ring (bicyclic) bond motifs is 1. The monoisotopic (exact) mass is 627 g/mol. The standard InChI is InChI=1S/C31H41N5O7S/c1-4-42-30(39)18-27(24-6-5-21(2)25(17-24)19-35-14-11-29(38)43-44(35,40)41)26-7-8-28-31(22(26)3)32-33-36(28)16-15-34-12-9-23(20-37)10-13-34/h5-8,11,17,23,27,37-38H,4,9-10,12-16,18-20H2,1-3H3. The maximum atomic E-state index is 12.8. The van der Waals surface area contributed by atoms with Gasteiger partial charge in [0.05, 0.1) is 25.1 Å². The highest BCUT2D eigenvalue weighted by Gasteiger charge is 2.30. The molecule has 2 aromatic carbocycles. The summed E-state index contributed by atoms with van der Waals surface area (Å²) < 4.78 is 38.1. The molecular formula is C31H41N5O7S. The fourth-order valence-electron chi connectivity index (χ4n) is 6.03. The molecule has 0 amide bonds. The Bertz CT molecular complexity index is 1630. The number of carbonyl (C=O) groups is 1. The highest BCUT2D eigenvalue weighted by Crippen LogP contribution is 2.35. The first-order valence-electron chi connectivity index (χ1n) is 15.1. The van der Waals surface area contributed by atoms with Crippen LogP contribution in [0, 0.1) is 19.8 Å². The molecule has 3 heterocycles. The van der Waals surface area contributed by atoms with E-state index in [1.807, 2.05) is 48.9 Å². The molecule has 1 saturated heterocycles. The van der Waals surface area contributed by atoms with Gasteiger partial charge in [-0.2, -0.15) is 12.7 Å². The van der Waals surface area contributed by atoms with Gasteiger partial charge in [0.1, 0.15) is 5.52 Å². The van der Waals surface area contributed by atoms with Crippen molar-refractivity contribution in [2.24, 2.45) is 5.92 Å². The summed E-state index contributed by atoms with van der Waals surface area (Å²) in [5.74, 6) is -0.939. The van der Waals surface area contributed by atoms with Crippen molar-refractivity contribution in [2.45, 2.75) is 59.0 Å². The predicted molar refractivity (Wildman–Crippen MR) is 164 cm³/mol. The molecule has 1 fully saturated rings. The molecule has 0 bridgehead atoms. The number of esters is 1. The minimum atomic E-state index is -4.13. The molecule has 44 heavy (non-hydrogen) atoms.